The van der Waals surface area contributed by atoms with E-state index < -0.39 is 0 Å². The summed E-state index contributed by atoms with van der Waals surface area (Å²) in [6, 6.07) is -0.121. The van der Waals surface area contributed by atoms with Crippen LogP contribution in [0.5, 0.6) is 0 Å². The van der Waals surface area contributed by atoms with Gasteiger partial charge in [-0.25, -0.2) is 0 Å². The maximum atomic E-state index is 12.1. The Morgan fingerprint density at radius 2 is 1.68 bits per heavy atom. The second kappa shape index (κ2) is 5.23. The third-order valence-electron chi connectivity index (χ3n) is 4.55. The minimum atomic E-state index is -0.383. The summed E-state index contributed by atoms with van der Waals surface area (Å²) in [6.07, 6.45) is 3.42. The van der Waals surface area contributed by atoms with Crippen molar-refractivity contribution in [3.05, 3.63) is 0 Å². The van der Waals surface area contributed by atoms with Gasteiger partial charge in [0.1, 0.15) is 0 Å². The zero-order valence-electron chi connectivity index (χ0n) is 12.2. The first-order valence-electron chi connectivity index (χ1n) is 7.33. The molecule has 19 heavy (non-hydrogen) atoms. The summed E-state index contributed by atoms with van der Waals surface area (Å²) in [6.45, 7) is 6.46. The van der Waals surface area contributed by atoms with Gasteiger partial charge in [-0.15, -0.1) is 0 Å². The summed E-state index contributed by atoms with van der Waals surface area (Å²) >= 11 is 0. The quantitative estimate of drug-likeness (QED) is 0.740. The number of nitrogens with zero attached hydrogens (tertiary/aromatic N) is 1. The third-order valence-corrected chi connectivity index (χ3v) is 4.55. The van der Waals surface area contributed by atoms with Crippen molar-refractivity contribution in [3.63, 3.8) is 0 Å². The fraction of sp³-hybridized carbons (Fsp3) is 0.867. The average molecular weight is 267 g/mol. The molecule has 3 unspecified atom stereocenters. The van der Waals surface area contributed by atoms with Crippen LogP contribution in [0.15, 0.2) is 0 Å². The lowest BCUT2D eigenvalue weighted by Crippen LogP contribution is -2.55. The van der Waals surface area contributed by atoms with Gasteiger partial charge in [0.2, 0.25) is 11.8 Å². The Bertz CT molecular complexity index is 356. The maximum absolute atomic E-state index is 12.1. The molecule has 108 valence electrons. The summed E-state index contributed by atoms with van der Waals surface area (Å²) in [5.74, 6) is 0.177. The van der Waals surface area contributed by atoms with Crippen LogP contribution >= 0.6 is 0 Å². The van der Waals surface area contributed by atoms with Crippen LogP contribution in [0.3, 0.4) is 0 Å². The molecule has 1 aliphatic heterocycles. The van der Waals surface area contributed by atoms with Crippen molar-refractivity contribution in [1.82, 2.24) is 4.90 Å². The number of aliphatic hydroxyl groups is 1. The van der Waals surface area contributed by atoms with Crippen molar-refractivity contribution < 1.29 is 14.7 Å². The van der Waals surface area contributed by atoms with Gasteiger partial charge in [-0.2, -0.15) is 0 Å². The molecular formula is C15H25NO3. The van der Waals surface area contributed by atoms with Crippen molar-refractivity contribution >= 4 is 11.8 Å². The van der Waals surface area contributed by atoms with E-state index in [0.29, 0.717) is 25.7 Å². The monoisotopic (exact) mass is 267 g/mol. The van der Waals surface area contributed by atoms with Crippen molar-refractivity contribution in [3.8, 4) is 0 Å². The van der Waals surface area contributed by atoms with E-state index in [1.165, 1.54) is 4.90 Å². The van der Waals surface area contributed by atoms with E-state index in [2.05, 4.69) is 20.8 Å². The van der Waals surface area contributed by atoms with Gasteiger partial charge in [-0.3, -0.25) is 14.5 Å². The number of aliphatic hydroxyl groups excluding tert-OH is 1. The molecule has 1 saturated carbocycles. The van der Waals surface area contributed by atoms with E-state index in [1.54, 1.807) is 0 Å². The lowest BCUT2D eigenvalue weighted by molar-refractivity contribution is -0.156. The molecule has 2 fully saturated rings. The minimum absolute atomic E-state index is 0.0445. The fourth-order valence-corrected chi connectivity index (χ4v) is 3.56. The zero-order valence-corrected chi connectivity index (χ0v) is 12.2. The number of carbonyl (C=O) groups excluding carboxylic acids is 2. The highest BCUT2D eigenvalue weighted by Gasteiger charge is 2.44. The highest BCUT2D eigenvalue weighted by Crippen LogP contribution is 2.41. The molecule has 4 heteroatoms. The van der Waals surface area contributed by atoms with Crippen LogP contribution in [0.4, 0.5) is 0 Å². The SMILES string of the molecule is CC(C)(C)C1CCC(O)CC1N1C(=O)CCCC1=O. The van der Waals surface area contributed by atoms with Crippen LogP contribution in [0.1, 0.15) is 59.3 Å². The van der Waals surface area contributed by atoms with Crippen molar-refractivity contribution in [2.24, 2.45) is 11.3 Å². The lowest BCUT2D eigenvalue weighted by Gasteiger charge is -2.47. The molecule has 2 amide bonds. The lowest BCUT2D eigenvalue weighted by atomic mass is 9.68. The molecule has 2 aliphatic rings. The molecular weight excluding hydrogens is 242 g/mol. The number of piperidine rings is 1. The summed E-state index contributed by atoms with van der Waals surface area (Å²) in [7, 11) is 0. The summed E-state index contributed by atoms with van der Waals surface area (Å²) < 4.78 is 0. The van der Waals surface area contributed by atoms with Gasteiger partial charge < -0.3 is 5.11 Å². The van der Waals surface area contributed by atoms with E-state index in [1.807, 2.05) is 0 Å². The second-order valence-electron chi connectivity index (χ2n) is 7.02. The highest BCUT2D eigenvalue weighted by atomic mass is 16.3. The number of likely N-dealkylation sites (tertiary alicyclic amines) is 1. The normalized spacial score (nSPS) is 33.7. The molecule has 4 nitrogen and oxygen atoms in total. The van der Waals surface area contributed by atoms with Crippen LogP contribution < -0.4 is 0 Å². The molecule has 1 N–H and O–H groups in total. The Hall–Kier alpha value is -0.900. The number of imide groups is 1. The number of hydrogen-bond acceptors (Lipinski definition) is 3. The first-order chi connectivity index (χ1) is 8.80. The first kappa shape index (κ1) is 14.5. The van der Waals surface area contributed by atoms with Gasteiger partial charge in [-0.1, -0.05) is 20.8 Å². The fourth-order valence-electron chi connectivity index (χ4n) is 3.56. The van der Waals surface area contributed by atoms with Crippen molar-refractivity contribution in [2.75, 3.05) is 0 Å². The molecule has 2 rings (SSSR count). The molecule has 1 saturated heterocycles. The Balaban J connectivity index is 2.26. The minimum Gasteiger partial charge on any atom is -0.393 e. The third kappa shape index (κ3) is 2.99. The van der Waals surface area contributed by atoms with Crippen LogP contribution in [0.2, 0.25) is 0 Å². The smallest absolute Gasteiger partial charge is 0.229 e. The molecule has 1 heterocycles. The van der Waals surface area contributed by atoms with Crippen molar-refractivity contribution in [2.45, 2.75) is 71.4 Å². The molecule has 0 bridgehead atoms. The van der Waals surface area contributed by atoms with E-state index >= 15 is 0 Å². The Kier molecular flexibility index (Phi) is 4.00. The summed E-state index contributed by atoms with van der Waals surface area (Å²) in [4.78, 5) is 25.7. The maximum Gasteiger partial charge on any atom is 0.229 e. The zero-order chi connectivity index (χ0) is 14.2. The highest BCUT2D eigenvalue weighted by molar-refractivity contribution is 5.97. The summed E-state index contributed by atoms with van der Waals surface area (Å²) in [5, 5.41) is 9.92. The molecule has 1 aliphatic carbocycles. The number of rotatable bonds is 1. The van der Waals surface area contributed by atoms with Gasteiger partial charge in [0.05, 0.1) is 6.10 Å². The molecule has 0 radical (unpaired) electrons. The molecule has 0 aromatic heterocycles. The summed E-state index contributed by atoms with van der Waals surface area (Å²) in [5.41, 5.74) is 0.0445. The standard InChI is InChI=1S/C15H25NO3/c1-15(2,3)11-8-7-10(17)9-12(11)16-13(18)5-4-6-14(16)19/h10-12,17H,4-9H2,1-3H3. The Morgan fingerprint density at radius 1 is 1.11 bits per heavy atom. The van der Waals surface area contributed by atoms with Gasteiger partial charge in [-0.05, 0) is 37.0 Å². The molecule has 0 aromatic carbocycles. The Morgan fingerprint density at radius 3 is 2.21 bits per heavy atom. The van der Waals surface area contributed by atoms with Gasteiger partial charge >= 0.3 is 0 Å². The van der Waals surface area contributed by atoms with E-state index in [0.717, 1.165) is 12.8 Å². The molecule has 0 aromatic rings. The van der Waals surface area contributed by atoms with Crippen molar-refractivity contribution in [1.29, 1.82) is 0 Å². The van der Waals surface area contributed by atoms with E-state index in [4.69, 9.17) is 0 Å². The molecule has 3 atom stereocenters. The number of amides is 2. The number of hydrogen-bond donors (Lipinski definition) is 1. The topological polar surface area (TPSA) is 57.6 Å². The Labute approximate surface area is 115 Å². The van der Waals surface area contributed by atoms with Crippen LogP contribution in [-0.4, -0.2) is 34.0 Å². The van der Waals surface area contributed by atoms with Crippen LogP contribution in [-0.2, 0) is 9.59 Å². The van der Waals surface area contributed by atoms with Crippen LogP contribution in [0.25, 0.3) is 0 Å². The first-order valence-corrected chi connectivity index (χ1v) is 7.33. The molecule has 0 spiro atoms. The van der Waals surface area contributed by atoms with E-state index in [9.17, 15) is 14.7 Å². The largest absolute Gasteiger partial charge is 0.393 e. The van der Waals surface area contributed by atoms with E-state index in [-0.39, 0.29) is 35.3 Å². The van der Waals surface area contributed by atoms with Crippen LogP contribution in [0, 0.1) is 11.3 Å². The van der Waals surface area contributed by atoms with Gasteiger partial charge in [0.25, 0.3) is 0 Å². The van der Waals surface area contributed by atoms with Gasteiger partial charge in [0.15, 0.2) is 0 Å². The van der Waals surface area contributed by atoms with Gasteiger partial charge in [0, 0.05) is 18.9 Å². The average Bonchev–Trinajstić information content (AvgIpc) is 2.27. The number of carbonyl (C=O) groups is 2. The predicted octanol–water partition coefficient (Wildman–Crippen LogP) is 2.10. The second-order valence-corrected chi connectivity index (χ2v) is 7.02. The predicted molar refractivity (Wildman–Crippen MR) is 72.3 cm³/mol.